The Morgan fingerprint density at radius 3 is 2.25 bits per heavy atom. The van der Waals surface area contributed by atoms with Gasteiger partial charge in [-0.3, -0.25) is 4.79 Å². The molecule has 0 saturated heterocycles. The van der Waals surface area contributed by atoms with E-state index in [0.717, 1.165) is 0 Å². The van der Waals surface area contributed by atoms with Crippen molar-refractivity contribution in [2.75, 3.05) is 6.61 Å². The molecule has 0 aliphatic rings. The normalized spacial score (nSPS) is 9.67. The van der Waals surface area contributed by atoms with Crippen molar-refractivity contribution < 1.29 is 14.3 Å². The van der Waals surface area contributed by atoms with E-state index in [2.05, 4.69) is 11.3 Å². The summed E-state index contributed by atoms with van der Waals surface area (Å²) in [5.74, 6) is -0.684. The third-order valence-electron chi connectivity index (χ3n) is 1.34. The quantitative estimate of drug-likeness (QED) is 0.472. The first-order valence-electron chi connectivity index (χ1n) is 3.80. The predicted octanol–water partition coefficient (Wildman–Crippen LogP) is 1.33. The Bertz CT molecular complexity index is 204. The van der Waals surface area contributed by atoms with E-state index in [9.17, 15) is 9.59 Å². The maximum absolute atomic E-state index is 11.0. The second kappa shape index (κ2) is 4.70. The summed E-state index contributed by atoms with van der Waals surface area (Å²) in [4.78, 5) is 21.8. The summed E-state index contributed by atoms with van der Waals surface area (Å²) in [5, 5.41) is 0. The fourth-order valence-corrected chi connectivity index (χ4v) is 0.427. The molecule has 3 nitrogen and oxygen atoms in total. The third kappa shape index (κ3) is 3.91. The lowest BCUT2D eigenvalue weighted by atomic mass is 10.1. The number of Topliss-reactive ketones (excluding diaryl/α,β-unsaturated/α-hetero) is 1. The van der Waals surface area contributed by atoms with Crippen LogP contribution >= 0.6 is 0 Å². The van der Waals surface area contributed by atoms with Crippen LogP contribution in [0.5, 0.6) is 0 Å². The highest BCUT2D eigenvalue weighted by atomic mass is 16.5. The van der Waals surface area contributed by atoms with Crippen LogP contribution in [0.2, 0.25) is 0 Å². The van der Waals surface area contributed by atoms with Gasteiger partial charge in [-0.1, -0.05) is 20.4 Å². The number of hydrogen-bond donors (Lipinski definition) is 0. The molecular formula is C9H14O3. The van der Waals surface area contributed by atoms with Gasteiger partial charge in [0, 0.05) is 11.5 Å². The summed E-state index contributed by atoms with van der Waals surface area (Å²) in [6.45, 7) is 8.31. The summed E-state index contributed by atoms with van der Waals surface area (Å²) < 4.78 is 4.64. The molecule has 0 saturated carbocycles. The molecule has 0 N–H and O–H groups in total. The van der Waals surface area contributed by atoms with Crippen LogP contribution in [0.25, 0.3) is 0 Å². The smallest absolute Gasteiger partial charge is 0.333 e. The van der Waals surface area contributed by atoms with Crippen LogP contribution < -0.4 is 0 Å². The first-order chi connectivity index (χ1) is 5.45. The molecule has 0 atom stereocenters. The van der Waals surface area contributed by atoms with Gasteiger partial charge in [-0.15, -0.1) is 0 Å². The van der Waals surface area contributed by atoms with Gasteiger partial charge >= 0.3 is 5.97 Å². The summed E-state index contributed by atoms with van der Waals surface area (Å²) in [6, 6.07) is 0. The first kappa shape index (κ1) is 10.9. The van der Waals surface area contributed by atoms with Crippen LogP contribution in [0.3, 0.4) is 0 Å². The molecule has 12 heavy (non-hydrogen) atoms. The standard InChI is InChI=1S/C9H14O3/c1-6(2)8(10)5-12-9(11)7(3)4/h6H,3,5H2,1-2,4H3. The SMILES string of the molecule is C=C(C)C(=O)OCC(=O)C(C)C. The Labute approximate surface area is 72.4 Å². The second-order valence-electron chi connectivity index (χ2n) is 2.98. The van der Waals surface area contributed by atoms with Crippen molar-refractivity contribution >= 4 is 11.8 Å². The van der Waals surface area contributed by atoms with Crippen LogP contribution in [0, 0.1) is 5.92 Å². The molecule has 0 radical (unpaired) electrons. The van der Waals surface area contributed by atoms with Crippen LogP contribution in [-0.4, -0.2) is 18.4 Å². The maximum atomic E-state index is 11.0. The molecule has 0 aromatic heterocycles. The molecular weight excluding hydrogens is 156 g/mol. The van der Waals surface area contributed by atoms with Crippen molar-refractivity contribution in [2.24, 2.45) is 5.92 Å². The monoisotopic (exact) mass is 170 g/mol. The Balaban J connectivity index is 3.77. The van der Waals surface area contributed by atoms with Crippen molar-refractivity contribution in [3.05, 3.63) is 12.2 Å². The Morgan fingerprint density at radius 1 is 1.42 bits per heavy atom. The minimum atomic E-state index is -0.510. The zero-order valence-corrected chi connectivity index (χ0v) is 7.72. The lowest BCUT2D eigenvalue weighted by Crippen LogP contribution is -2.18. The summed E-state index contributed by atoms with van der Waals surface area (Å²) >= 11 is 0. The fourth-order valence-electron chi connectivity index (χ4n) is 0.427. The highest BCUT2D eigenvalue weighted by Gasteiger charge is 2.10. The lowest BCUT2D eigenvalue weighted by Gasteiger charge is -2.04. The van der Waals surface area contributed by atoms with Crippen LogP contribution in [-0.2, 0) is 14.3 Å². The molecule has 68 valence electrons. The minimum Gasteiger partial charge on any atom is -0.454 e. The predicted molar refractivity (Wildman–Crippen MR) is 45.6 cm³/mol. The summed E-state index contributed by atoms with van der Waals surface area (Å²) in [7, 11) is 0. The average Bonchev–Trinajstić information content (AvgIpc) is 1.98. The van der Waals surface area contributed by atoms with Gasteiger partial charge in [0.15, 0.2) is 12.4 Å². The molecule has 0 bridgehead atoms. The van der Waals surface area contributed by atoms with Gasteiger partial charge in [-0.2, -0.15) is 0 Å². The molecule has 0 spiro atoms. The summed E-state index contributed by atoms with van der Waals surface area (Å²) in [5.41, 5.74) is 0.312. The molecule has 3 heteroatoms. The van der Waals surface area contributed by atoms with Gasteiger partial charge in [0.2, 0.25) is 0 Å². The van der Waals surface area contributed by atoms with E-state index in [4.69, 9.17) is 0 Å². The van der Waals surface area contributed by atoms with E-state index in [1.807, 2.05) is 0 Å². The Kier molecular flexibility index (Phi) is 4.26. The molecule has 0 aliphatic carbocycles. The highest BCUT2D eigenvalue weighted by molar-refractivity contribution is 5.90. The van der Waals surface area contributed by atoms with Crippen molar-refractivity contribution in [1.82, 2.24) is 0 Å². The van der Waals surface area contributed by atoms with Gasteiger partial charge in [0.1, 0.15) is 0 Å². The number of ether oxygens (including phenoxy) is 1. The molecule has 0 aliphatic heterocycles. The summed E-state index contributed by atoms with van der Waals surface area (Å²) in [6.07, 6.45) is 0. The third-order valence-corrected chi connectivity index (χ3v) is 1.34. The number of rotatable bonds is 4. The Hall–Kier alpha value is -1.12. The lowest BCUT2D eigenvalue weighted by molar-refractivity contribution is -0.144. The number of carbonyl (C=O) groups is 2. The molecule has 0 aromatic carbocycles. The van der Waals surface area contributed by atoms with Crippen molar-refractivity contribution in [3.8, 4) is 0 Å². The fraction of sp³-hybridized carbons (Fsp3) is 0.556. The van der Waals surface area contributed by atoms with Gasteiger partial charge in [-0.05, 0) is 6.92 Å². The highest BCUT2D eigenvalue weighted by Crippen LogP contribution is 1.97. The maximum Gasteiger partial charge on any atom is 0.333 e. The van der Waals surface area contributed by atoms with Crippen molar-refractivity contribution in [2.45, 2.75) is 20.8 Å². The molecule has 0 fully saturated rings. The van der Waals surface area contributed by atoms with Gasteiger partial charge in [0.05, 0.1) is 0 Å². The number of esters is 1. The van der Waals surface area contributed by atoms with E-state index < -0.39 is 5.97 Å². The number of carbonyl (C=O) groups excluding carboxylic acids is 2. The van der Waals surface area contributed by atoms with Crippen LogP contribution in [0.15, 0.2) is 12.2 Å². The van der Waals surface area contributed by atoms with E-state index in [1.165, 1.54) is 0 Å². The molecule has 0 aromatic rings. The minimum absolute atomic E-state index is 0.0791. The molecule has 0 rings (SSSR count). The van der Waals surface area contributed by atoms with E-state index in [0.29, 0.717) is 5.57 Å². The molecule has 0 amide bonds. The first-order valence-corrected chi connectivity index (χ1v) is 3.80. The van der Waals surface area contributed by atoms with Gasteiger partial charge in [0.25, 0.3) is 0 Å². The van der Waals surface area contributed by atoms with Crippen LogP contribution in [0.1, 0.15) is 20.8 Å². The van der Waals surface area contributed by atoms with E-state index in [-0.39, 0.29) is 18.3 Å². The van der Waals surface area contributed by atoms with E-state index in [1.54, 1.807) is 20.8 Å². The van der Waals surface area contributed by atoms with E-state index >= 15 is 0 Å². The topological polar surface area (TPSA) is 43.4 Å². The molecule has 0 unspecified atom stereocenters. The molecule has 0 heterocycles. The van der Waals surface area contributed by atoms with Gasteiger partial charge in [-0.25, -0.2) is 4.79 Å². The van der Waals surface area contributed by atoms with Crippen molar-refractivity contribution in [3.63, 3.8) is 0 Å². The van der Waals surface area contributed by atoms with Crippen molar-refractivity contribution in [1.29, 1.82) is 0 Å². The van der Waals surface area contributed by atoms with Gasteiger partial charge < -0.3 is 4.74 Å². The average molecular weight is 170 g/mol. The zero-order valence-electron chi connectivity index (χ0n) is 7.72. The largest absolute Gasteiger partial charge is 0.454 e. The number of hydrogen-bond acceptors (Lipinski definition) is 3. The number of ketones is 1. The Morgan fingerprint density at radius 2 is 1.92 bits per heavy atom. The zero-order chi connectivity index (χ0) is 9.72. The second-order valence-corrected chi connectivity index (χ2v) is 2.98. The van der Waals surface area contributed by atoms with Crippen LogP contribution in [0.4, 0.5) is 0 Å².